The molecule has 0 amide bonds. The van der Waals surface area contributed by atoms with Gasteiger partial charge in [0.1, 0.15) is 0 Å². The van der Waals surface area contributed by atoms with Crippen molar-refractivity contribution in [3.8, 4) is 0 Å². The monoisotopic (exact) mass is 316 g/mol. The average Bonchev–Trinajstić information content (AvgIpc) is 3.03. The second-order valence-electron chi connectivity index (χ2n) is 5.99. The minimum Gasteiger partial charge on any atom is -0.374 e. The highest BCUT2D eigenvalue weighted by molar-refractivity contribution is 6.61. The van der Waals surface area contributed by atoms with Crippen LogP contribution in [-0.2, 0) is 18.0 Å². The van der Waals surface area contributed by atoms with E-state index in [4.69, 9.17) is 18.0 Å². The van der Waals surface area contributed by atoms with Gasteiger partial charge in [0.25, 0.3) is 0 Å². The van der Waals surface area contributed by atoms with Crippen LogP contribution in [0.15, 0.2) is 11.6 Å². The van der Waals surface area contributed by atoms with Gasteiger partial charge in [0, 0.05) is 25.9 Å². The Bertz CT molecular complexity index is 324. The molecule has 4 nitrogen and oxygen atoms in total. The lowest BCUT2D eigenvalue weighted by Gasteiger charge is -2.27. The smallest absolute Gasteiger partial charge is 0.374 e. The Kier molecular flexibility index (Phi) is 7.57. The molecular formula is C16H32O4Si. The van der Waals surface area contributed by atoms with Crippen molar-refractivity contribution in [2.24, 2.45) is 0 Å². The van der Waals surface area contributed by atoms with Gasteiger partial charge in [-0.25, -0.2) is 0 Å². The van der Waals surface area contributed by atoms with E-state index >= 15 is 0 Å². The molecule has 1 aliphatic heterocycles. The largest absolute Gasteiger partial charge is 0.504 e. The van der Waals surface area contributed by atoms with Crippen LogP contribution in [0.3, 0.4) is 0 Å². The van der Waals surface area contributed by atoms with Gasteiger partial charge in [-0.15, -0.1) is 0 Å². The first-order valence-electron chi connectivity index (χ1n) is 8.14. The molecule has 0 spiro atoms. The molecule has 5 heteroatoms. The van der Waals surface area contributed by atoms with Gasteiger partial charge in [0.05, 0.1) is 11.7 Å². The maximum atomic E-state index is 5.86. The molecule has 0 aromatic rings. The van der Waals surface area contributed by atoms with Crippen molar-refractivity contribution >= 4 is 8.80 Å². The molecule has 1 unspecified atom stereocenters. The van der Waals surface area contributed by atoms with Crippen molar-refractivity contribution in [1.82, 2.24) is 0 Å². The van der Waals surface area contributed by atoms with Crippen molar-refractivity contribution in [3.63, 3.8) is 0 Å². The second-order valence-corrected chi connectivity index (χ2v) is 8.63. The molecule has 0 saturated carbocycles. The molecule has 21 heavy (non-hydrogen) atoms. The number of hydrogen-bond acceptors (Lipinski definition) is 4. The molecule has 1 fully saturated rings. The van der Waals surface area contributed by atoms with E-state index in [0.717, 1.165) is 18.9 Å². The summed E-state index contributed by atoms with van der Waals surface area (Å²) in [5.41, 5.74) is 1.44. The van der Waals surface area contributed by atoms with Crippen LogP contribution >= 0.6 is 0 Å². The van der Waals surface area contributed by atoms with Crippen LogP contribution in [0.4, 0.5) is 0 Å². The van der Waals surface area contributed by atoms with E-state index in [9.17, 15) is 0 Å². The van der Waals surface area contributed by atoms with Crippen LogP contribution in [0.2, 0.25) is 6.04 Å². The van der Waals surface area contributed by atoms with Gasteiger partial charge in [-0.05, 0) is 54.4 Å². The summed E-state index contributed by atoms with van der Waals surface area (Å²) in [6, 6.07) is 0.753. The Morgan fingerprint density at radius 1 is 1.10 bits per heavy atom. The summed E-state index contributed by atoms with van der Waals surface area (Å²) in [4.78, 5) is 0. The van der Waals surface area contributed by atoms with Crippen molar-refractivity contribution in [2.45, 2.75) is 72.1 Å². The molecular weight excluding hydrogens is 284 g/mol. The third-order valence-corrected chi connectivity index (χ3v) is 6.65. The van der Waals surface area contributed by atoms with Gasteiger partial charge in [0.15, 0.2) is 0 Å². The number of rotatable bonds is 11. The average molecular weight is 317 g/mol. The molecule has 0 aromatic carbocycles. The molecule has 1 saturated heterocycles. The molecule has 1 atom stereocenters. The zero-order chi connectivity index (χ0) is 15.9. The maximum Gasteiger partial charge on any atom is 0.504 e. The Hall–Kier alpha value is -0.203. The molecule has 0 aromatic heterocycles. The van der Waals surface area contributed by atoms with E-state index in [1.807, 2.05) is 20.8 Å². The lowest BCUT2D eigenvalue weighted by molar-refractivity contribution is 0.0742. The first-order chi connectivity index (χ1) is 9.89. The van der Waals surface area contributed by atoms with Crippen molar-refractivity contribution in [1.29, 1.82) is 0 Å². The lowest BCUT2D eigenvalue weighted by atomic mass is 10.0. The van der Waals surface area contributed by atoms with Crippen LogP contribution in [0.5, 0.6) is 0 Å². The van der Waals surface area contributed by atoms with Gasteiger partial charge in [-0.3, -0.25) is 0 Å². The van der Waals surface area contributed by atoms with Crippen molar-refractivity contribution < 1.29 is 18.0 Å². The minimum absolute atomic E-state index is 0.0841. The van der Waals surface area contributed by atoms with Gasteiger partial charge in [-0.1, -0.05) is 11.6 Å². The van der Waals surface area contributed by atoms with Crippen molar-refractivity contribution in [3.05, 3.63) is 11.6 Å². The molecule has 124 valence electrons. The highest BCUT2D eigenvalue weighted by Crippen LogP contribution is 2.39. The first-order valence-corrected chi connectivity index (χ1v) is 10.1. The van der Waals surface area contributed by atoms with E-state index in [-0.39, 0.29) is 5.60 Å². The number of hydrogen-bond donors (Lipinski definition) is 0. The van der Waals surface area contributed by atoms with Crippen LogP contribution < -0.4 is 0 Å². The third kappa shape index (κ3) is 6.20. The summed E-state index contributed by atoms with van der Waals surface area (Å²) in [6.07, 6.45) is 4.78. The normalized spacial score (nSPS) is 21.6. The molecule has 0 bridgehead atoms. The van der Waals surface area contributed by atoms with E-state index < -0.39 is 8.80 Å². The summed E-state index contributed by atoms with van der Waals surface area (Å²) < 4.78 is 23.2. The van der Waals surface area contributed by atoms with Crippen LogP contribution in [0.25, 0.3) is 0 Å². The van der Waals surface area contributed by atoms with Crippen LogP contribution in [0, 0.1) is 0 Å². The Balaban J connectivity index is 2.50. The highest BCUT2D eigenvalue weighted by Gasteiger charge is 2.46. The molecule has 0 radical (unpaired) electrons. The van der Waals surface area contributed by atoms with E-state index in [2.05, 4.69) is 26.8 Å². The summed E-state index contributed by atoms with van der Waals surface area (Å²) in [5.74, 6) is 0. The van der Waals surface area contributed by atoms with Gasteiger partial charge in [-0.2, -0.15) is 0 Å². The quantitative estimate of drug-likeness (QED) is 0.329. The summed E-state index contributed by atoms with van der Waals surface area (Å²) in [5, 5.41) is 0. The van der Waals surface area contributed by atoms with Crippen LogP contribution in [0.1, 0.15) is 54.4 Å². The summed E-state index contributed by atoms with van der Waals surface area (Å²) in [7, 11) is -2.53. The minimum atomic E-state index is -2.53. The predicted molar refractivity (Wildman–Crippen MR) is 87.4 cm³/mol. The number of epoxide rings is 1. The Morgan fingerprint density at radius 3 is 1.95 bits per heavy atom. The third-order valence-electron chi connectivity index (χ3n) is 3.76. The molecule has 1 aliphatic rings. The van der Waals surface area contributed by atoms with Gasteiger partial charge >= 0.3 is 8.80 Å². The van der Waals surface area contributed by atoms with Crippen LogP contribution in [-0.4, -0.2) is 40.3 Å². The zero-order valence-corrected chi connectivity index (χ0v) is 15.5. The number of ether oxygens (including phenoxy) is 1. The fraction of sp³-hybridized carbons (Fsp3) is 0.875. The standard InChI is InChI=1S/C16H32O4Si/c1-7-17-21(18-8-2,19-9-3)13-12-14(4)10-11-15-16(5,6)20-15/h12,15H,7-11,13H2,1-6H3/b14-12+. The highest BCUT2D eigenvalue weighted by atomic mass is 28.4. The molecule has 0 N–H and O–H groups in total. The molecule has 0 aliphatic carbocycles. The Labute approximate surface area is 131 Å². The van der Waals surface area contributed by atoms with Crippen molar-refractivity contribution in [2.75, 3.05) is 19.8 Å². The Morgan fingerprint density at radius 2 is 1.57 bits per heavy atom. The lowest BCUT2D eigenvalue weighted by Crippen LogP contribution is -2.45. The second kappa shape index (κ2) is 8.43. The van der Waals surface area contributed by atoms with Gasteiger partial charge in [0.2, 0.25) is 0 Å². The topological polar surface area (TPSA) is 40.2 Å². The fourth-order valence-electron chi connectivity index (χ4n) is 2.46. The first kappa shape index (κ1) is 18.8. The molecule has 1 heterocycles. The summed E-state index contributed by atoms with van der Waals surface area (Å²) >= 11 is 0. The molecule has 1 rings (SSSR count). The summed E-state index contributed by atoms with van der Waals surface area (Å²) in [6.45, 7) is 14.3. The maximum absolute atomic E-state index is 5.86. The van der Waals surface area contributed by atoms with Gasteiger partial charge < -0.3 is 18.0 Å². The van der Waals surface area contributed by atoms with E-state index in [1.54, 1.807) is 0 Å². The van der Waals surface area contributed by atoms with E-state index in [0.29, 0.717) is 25.9 Å². The zero-order valence-electron chi connectivity index (χ0n) is 14.5. The fourth-order valence-corrected chi connectivity index (χ4v) is 4.98. The number of allylic oxidation sites excluding steroid dienone is 2. The predicted octanol–water partition coefficient (Wildman–Crippen LogP) is 3.94. The SMILES string of the molecule is CCO[Si](C/C=C(\C)CCC1OC1(C)C)(OCC)OCC. The van der Waals surface area contributed by atoms with E-state index in [1.165, 1.54) is 5.57 Å².